The second-order valence-electron chi connectivity index (χ2n) is 6.63. The van der Waals surface area contributed by atoms with E-state index in [0.29, 0.717) is 23.8 Å². The monoisotopic (exact) mass is 451 g/mol. The number of aromatic nitrogens is 1. The van der Waals surface area contributed by atoms with Crippen LogP contribution in [0.4, 0.5) is 8.78 Å². The molecular formula is C21H16ClF2NO4S. The predicted molar refractivity (Wildman–Crippen MR) is 106 cm³/mol. The van der Waals surface area contributed by atoms with Crippen molar-refractivity contribution in [3.05, 3.63) is 94.3 Å². The van der Waals surface area contributed by atoms with Crippen molar-refractivity contribution in [2.75, 3.05) is 13.2 Å². The molecule has 156 valence electrons. The number of hydrogen-bond donors (Lipinski definition) is 0. The molecule has 30 heavy (non-hydrogen) atoms. The molecule has 1 aliphatic rings. The molecule has 1 aromatic heterocycles. The molecule has 4 rings (SSSR count). The van der Waals surface area contributed by atoms with E-state index in [-0.39, 0.29) is 16.2 Å². The highest BCUT2D eigenvalue weighted by Crippen LogP contribution is 2.36. The molecular weight excluding hydrogens is 436 g/mol. The van der Waals surface area contributed by atoms with E-state index in [2.05, 4.69) is 4.98 Å². The zero-order valence-corrected chi connectivity index (χ0v) is 17.0. The summed E-state index contributed by atoms with van der Waals surface area (Å²) in [7, 11) is -4.19. The van der Waals surface area contributed by atoms with Crippen molar-refractivity contribution in [1.29, 1.82) is 0 Å². The van der Waals surface area contributed by atoms with E-state index in [1.807, 2.05) is 0 Å². The van der Waals surface area contributed by atoms with Crippen molar-refractivity contribution in [2.24, 2.45) is 0 Å². The van der Waals surface area contributed by atoms with Gasteiger partial charge in [0.05, 0.1) is 23.8 Å². The number of ether oxygens (including phenoxy) is 2. The van der Waals surface area contributed by atoms with Crippen LogP contribution in [0.3, 0.4) is 0 Å². The molecule has 1 saturated heterocycles. The van der Waals surface area contributed by atoms with Gasteiger partial charge in [-0.05, 0) is 48.5 Å². The molecule has 0 radical (unpaired) electrons. The minimum Gasteiger partial charge on any atom is -0.346 e. The number of halogens is 3. The number of benzene rings is 2. The van der Waals surface area contributed by atoms with Gasteiger partial charge in [-0.3, -0.25) is 4.98 Å². The molecule has 0 bridgehead atoms. The van der Waals surface area contributed by atoms with Gasteiger partial charge in [0.15, 0.2) is 16.1 Å². The SMILES string of the molecule is O=S(=O)(c1ccc(Cl)cc1)C(c1ccc(C2OCCO2)cn1)c1cc(F)ccc1F. The largest absolute Gasteiger partial charge is 0.346 e. The van der Waals surface area contributed by atoms with Crippen LogP contribution < -0.4 is 0 Å². The summed E-state index contributed by atoms with van der Waals surface area (Å²) in [6.07, 6.45) is 0.816. The minimum atomic E-state index is -4.19. The Morgan fingerprint density at radius 3 is 2.33 bits per heavy atom. The highest BCUT2D eigenvalue weighted by Gasteiger charge is 2.34. The van der Waals surface area contributed by atoms with E-state index >= 15 is 0 Å². The molecule has 2 aromatic carbocycles. The first-order chi connectivity index (χ1) is 14.4. The highest BCUT2D eigenvalue weighted by atomic mass is 35.5. The minimum absolute atomic E-state index is 0.0381. The van der Waals surface area contributed by atoms with Gasteiger partial charge in [0.2, 0.25) is 0 Å². The molecule has 1 aliphatic heterocycles. The summed E-state index contributed by atoms with van der Waals surface area (Å²) in [5.41, 5.74) is 0.299. The number of sulfone groups is 1. The van der Waals surface area contributed by atoms with Gasteiger partial charge in [-0.1, -0.05) is 17.7 Å². The number of nitrogens with zero attached hydrogens (tertiary/aromatic N) is 1. The van der Waals surface area contributed by atoms with Crippen LogP contribution in [-0.4, -0.2) is 26.6 Å². The van der Waals surface area contributed by atoms with Gasteiger partial charge < -0.3 is 9.47 Å². The summed E-state index contributed by atoms with van der Waals surface area (Å²) in [6, 6.07) is 11.2. The topological polar surface area (TPSA) is 65.5 Å². The van der Waals surface area contributed by atoms with E-state index < -0.39 is 33.0 Å². The number of hydrogen-bond acceptors (Lipinski definition) is 5. The van der Waals surface area contributed by atoms with E-state index in [0.717, 1.165) is 18.2 Å². The van der Waals surface area contributed by atoms with E-state index in [1.165, 1.54) is 36.5 Å². The van der Waals surface area contributed by atoms with Crippen molar-refractivity contribution in [3.8, 4) is 0 Å². The van der Waals surface area contributed by atoms with Crippen molar-refractivity contribution >= 4 is 21.4 Å². The molecule has 0 aliphatic carbocycles. The maximum Gasteiger partial charge on any atom is 0.191 e. The van der Waals surface area contributed by atoms with Crippen LogP contribution in [0.15, 0.2) is 65.7 Å². The van der Waals surface area contributed by atoms with Gasteiger partial charge in [0, 0.05) is 22.3 Å². The first kappa shape index (κ1) is 20.9. The first-order valence-electron chi connectivity index (χ1n) is 9.00. The molecule has 0 N–H and O–H groups in total. The third kappa shape index (κ3) is 4.09. The lowest BCUT2D eigenvalue weighted by atomic mass is 10.1. The maximum absolute atomic E-state index is 14.6. The Morgan fingerprint density at radius 1 is 1.00 bits per heavy atom. The Hall–Kier alpha value is -2.39. The van der Waals surface area contributed by atoms with Gasteiger partial charge in [0.25, 0.3) is 0 Å². The van der Waals surface area contributed by atoms with E-state index in [1.54, 1.807) is 6.07 Å². The van der Waals surface area contributed by atoms with Crippen LogP contribution in [0, 0.1) is 11.6 Å². The third-order valence-corrected chi connectivity index (χ3v) is 6.96. The molecule has 2 heterocycles. The van der Waals surface area contributed by atoms with Crippen LogP contribution in [0.25, 0.3) is 0 Å². The fourth-order valence-electron chi connectivity index (χ4n) is 3.22. The fraction of sp³-hybridized carbons (Fsp3) is 0.190. The van der Waals surface area contributed by atoms with Crippen LogP contribution in [0.5, 0.6) is 0 Å². The molecule has 0 saturated carbocycles. The summed E-state index contributed by atoms with van der Waals surface area (Å²) < 4.78 is 66.2. The zero-order chi connectivity index (χ0) is 21.3. The van der Waals surface area contributed by atoms with Crippen LogP contribution >= 0.6 is 11.6 Å². The van der Waals surface area contributed by atoms with Crippen LogP contribution in [0.2, 0.25) is 5.02 Å². The summed E-state index contributed by atoms with van der Waals surface area (Å²) in [5.74, 6) is -1.61. The van der Waals surface area contributed by atoms with Crippen molar-refractivity contribution in [3.63, 3.8) is 0 Å². The molecule has 0 spiro atoms. The molecule has 1 atom stereocenters. The van der Waals surface area contributed by atoms with E-state index in [4.69, 9.17) is 21.1 Å². The Kier molecular flexibility index (Phi) is 5.84. The van der Waals surface area contributed by atoms with Crippen LogP contribution in [-0.2, 0) is 19.3 Å². The summed E-state index contributed by atoms with van der Waals surface area (Å²) >= 11 is 5.86. The Balaban J connectivity index is 1.83. The van der Waals surface area contributed by atoms with E-state index in [9.17, 15) is 17.2 Å². The van der Waals surface area contributed by atoms with Gasteiger partial charge in [-0.2, -0.15) is 0 Å². The average Bonchev–Trinajstić information content (AvgIpc) is 3.26. The standard InChI is InChI=1S/C21H16ClF2NO4S/c22-14-2-5-16(6-3-14)30(26,27)20(17-11-15(23)4-7-18(17)24)19-8-1-13(12-25-19)21-28-9-10-29-21/h1-8,11-12,20-21H,9-10H2. The lowest BCUT2D eigenvalue weighted by Crippen LogP contribution is -2.18. The summed E-state index contributed by atoms with van der Waals surface area (Å²) in [6.45, 7) is 0.878. The van der Waals surface area contributed by atoms with Crippen molar-refractivity contribution < 1.29 is 26.7 Å². The molecule has 5 nitrogen and oxygen atoms in total. The number of rotatable bonds is 5. The highest BCUT2D eigenvalue weighted by molar-refractivity contribution is 7.91. The average molecular weight is 452 g/mol. The zero-order valence-electron chi connectivity index (χ0n) is 15.5. The third-order valence-electron chi connectivity index (χ3n) is 4.66. The van der Waals surface area contributed by atoms with Gasteiger partial charge in [-0.15, -0.1) is 0 Å². The maximum atomic E-state index is 14.6. The van der Waals surface area contributed by atoms with Gasteiger partial charge in [-0.25, -0.2) is 17.2 Å². The predicted octanol–water partition coefficient (Wildman–Crippen LogP) is 4.62. The molecule has 1 unspecified atom stereocenters. The van der Waals surface area contributed by atoms with Crippen LogP contribution in [0.1, 0.15) is 28.4 Å². The number of pyridine rings is 1. The Morgan fingerprint density at radius 2 is 1.70 bits per heavy atom. The normalized spacial score (nSPS) is 16.0. The van der Waals surface area contributed by atoms with Crippen molar-refractivity contribution in [2.45, 2.75) is 16.4 Å². The quantitative estimate of drug-likeness (QED) is 0.566. The fourth-order valence-corrected chi connectivity index (χ4v) is 5.11. The Labute approximate surface area is 177 Å². The second-order valence-corrected chi connectivity index (χ2v) is 9.10. The van der Waals surface area contributed by atoms with Gasteiger partial charge >= 0.3 is 0 Å². The van der Waals surface area contributed by atoms with Gasteiger partial charge in [0.1, 0.15) is 16.9 Å². The summed E-state index contributed by atoms with van der Waals surface area (Å²) in [5, 5.41) is -1.21. The first-order valence-corrected chi connectivity index (χ1v) is 10.9. The second kappa shape index (κ2) is 8.39. The molecule has 9 heteroatoms. The lowest BCUT2D eigenvalue weighted by molar-refractivity contribution is -0.0443. The molecule has 1 fully saturated rings. The molecule has 3 aromatic rings. The lowest BCUT2D eigenvalue weighted by Gasteiger charge is -2.19. The Bertz CT molecular complexity index is 1150. The molecule has 0 amide bonds. The smallest absolute Gasteiger partial charge is 0.191 e. The van der Waals surface area contributed by atoms with Crippen molar-refractivity contribution in [1.82, 2.24) is 4.98 Å². The summed E-state index contributed by atoms with van der Waals surface area (Å²) in [4.78, 5) is 4.14.